The van der Waals surface area contributed by atoms with Gasteiger partial charge in [0, 0.05) is 12.6 Å². The van der Waals surface area contributed by atoms with Gasteiger partial charge in [-0.3, -0.25) is 0 Å². The molecule has 0 spiro atoms. The van der Waals surface area contributed by atoms with Gasteiger partial charge in [-0.15, -0.1) is 0 Å². The predicted molar refractivity (Wildman–Crippen MR) is 62.2 cm³/mol. The summed E-state index contributed by atoms with van der Waals surface area (Å²) in [4.78, 5) is 15.0. The lowest BCUT2D eigenvalue weighted by molar-refractivity contribution is 0.0686. The standard InChI is InChI=1S/C12H12N2O3/c1-14-10(12(15)16)7-13-11(14)8-3-5-9(17-2)6-4-8/h3-7H,1-2H3,(H,15,16). The Kier molecular flexibility index (Phi) is 2.82. The molecule has 1 aromatic heterocycles. The molecule has 0 aliphatic carbocycles. The highest BCUT2D eigenvalue weighted by Crippen LogP contribution is 2.21. The molecular formula is C12H12N2O3. The Balaban J connectivity index is 2.42. The van der Waals surface area contributed by atoms with Crippen LogP contribution in [0.2, 0.25) is 0 Å². The lowest BCUT2D eigenvalue weighted by Crippen LogP contribution is -2.05. The quantitative estimate of drug-likeness (QED) is 0.876. The van der Waals surface area contributed by atoms with E-state index in [0.29, 0.717) is 5.82 Å². The van der Waals surface area contributed by atoms with Crippen LogP contribution in [0.3, 0.4) is 0 Å². The van der Waals surface area contributed by atoms with E-state index in [2.05, 4.69) is 4.98 Å². The molecule has 17 heavy (non-hydrogen) atoms. The molecule has 0 radical (unpaired) electrons. The molecule has 0 unspecified atom stereocenters. The van der Waals surface area contributed by atoms with Gasteiger partial charge in [0.25, 0.3) is 0 Å². The van der Waals surface area contributed by atoms with Crippen LogP contribution >= 0.6 is 0 Å². The number of carbonyl (C=O) groups is 1. The van der Waals surface area contributed by atoms with Crippen molar-refractivity contribution in [3.63, 3.8) is 0 Å². The topological polar surface area (TPSA) is 64.3 Å². The Morgan fingerprint density at radius 3 is 2.47 bits per heavy atom. The summed E-state index contributed by atoms with van der Waals surface area (Å²) in [5.74, 6) is 0.381. The molecule has 0 aliphatic heterocycles. The van der Waals surface area contributed by atoms with E-state index in [0.717, 1.165) is 11.3 Å². The minimum absolute atomic E-state index is 0.163. The first-order valence-electron chi connectivity index (χ1n) is 5.03. The maximum atomic E-state index is 10.9. The highest BCUT2D eigenvalue weighted by atomic mass is 16.5. The average Bonchev–Trinajstić information content (AvgIpc) is 2.71. The maximum absolute atomic E-state index is 10.9. The van der Waals surface area contributed by atoms with Gasteiger partial charge in [0.05, 0.1) is 13.3 Å². The second kappa shape index (κ2) is 4.29. The molecule has 2 aromatic rings. The first-order chi connectivity index (χ1) is 8.13. The van der Waals surface area contributed by atoms with Gasteiger partial charge in [0.1, 0.15) is 17.3 Å². The SMILES string of the molecule is COc1ccc(-c2ncc(C(=O)O)n2C)cc1. The minimum atomic E-state index is -0.986. The molecule has 1 N–H and O–H groups in total. The number of rotatable bonds is 3. The number of ether oxygens (including phenoxy) is 1. The maximum Gasteiger partial charge on any atom is 0.354 e. The number of benzene rings is 1. The van der Waals surface area contributed by atoms with E-state index in [1.807, 2.05) is 24.3 Å². The number of hydrogen-bond donors (Lipinski definition) is 1. The fraction of sp³-hybridized carbons (Fsp3) is 0.167. The van der Waals surface area contributed by atoms with Crippen LogP contribution in [0.5, 0.6) is 5.75 Å². The fourth-order valence-corrected chi connectivity index (χ4v) is 1.62. The molecule has 88 valence electrons. The molecule has 0 atom stereocenters. The summed E-state index contributed by atoms with van der Waals surface area (Å²) in [6, 6.07) is 7.30. The van der Waals surface area contributed by atoms with Gasteiger partial charge in [-0.2, -0.15) is 0 Å². The zero-order valence-corrected chi connectivity index (χ0v) is 9.54. The van der Waals surface area contributed by atoms with Gasteiger partial charge in [-0.1, -0.05) is 0 Å². The fourth-order valence-electron chi connectivity index (χ4n) is 1.62. The summed E-state index contributed by atoms with van der Waals surface area (Å²) in [5.41, 5.74) is 1.01. The summed E-state index contributed by atoms with van der Waals surface area (Å²) < 4.78 is 6.60. The molecule has 0 fully saturated rings. The molecule has 0 saturated carbocycles. The molecule has 5 heteroatoms. The number of methoxy groups -OCH3 is 1. The Morgan fingerprint density at radius 2 is 2.00 bits per heavy atom. The van der Waals surface area contributed by atoms with Crippen molar-refractivity contribution in [2.45, 2.75) is 0 Å². The third-order valence-electron chi connectivity index (χ3n) is 2.56. The molecule has 0 saturated heterocycles. The van der Waals surface area contributed by atoms with E-state index < -0.39 is 5.97 Å². The van der Waals surface area contributed by atoms with Crippen molar-refractivity contribution >= 4 is 5.97 Å². The van der Waals surface area contributed by atoms with Crippen molar-refractivity contribution in [2.75, 3.05) is 7.11 Å². The monoisotopic (exact) mass is 232 g/mol. The lowest BCUT2D eigenvalue weighted by atomic mass is 10.2. The average molecular weight is 232 g/mol. The largest absolute Gasteiger partial charge is 0.497 e. The van der Waals surface area contributed by atoms with Crippen LogP contribution in [0.15, 0.2) is 30.5 Å². The molecule has 1 aromatic carbocycles. The third kappa shape index (κ3) is 1.99. The number of aromatic carboxylic acids is 1. The smallest absolute Gasteiger partial charge is 0.354 e. The summed E-state index contributed by atoms with van der Waals surface area (Å²) in [6.07, 6.45) is 1.35. The van der Waals surface area contributed by atoms with Gasteiger partial charge in [0.2, 0.25) is 0 Å². The molecule has 1 heterocycles. The van der Waals surface area contributed by atoms with Crippen molar-refractivity contribution < 1.29 is 14.6 Å². The normalized spacial score (nSPS) is 10.2. The van der Waals surface area contributed by atoms with Gasteiger partial charge >= 0.3 is 5.97 Å². The van der Waals surface area contributed by atoms with E-state index in [-0.39, 0.29) is 5.69 Å². The molecule has 0 bridgehead atoms. The lowest BCUT2D eigenvalue weighted by Gasteiger charge is -2.04. The number of carboxylic acids is 1. The van der Waals surface area contributed by atoms with E-state index in [4.69, 9.17) is 9.84 Å². The van der Waals surface area contributed by atoms with Crippen LogP contribution in [0, 0.1) is 0 Å². The molecular weight excluding hydrogens is 220 g/mol. The number of aromatic nitrogens is 2. The molecule has 2 rings (SSSR count). The Bertz CT molecular complexity index is 543. The van der Waals surface area contributed by atoms with Crippen LogP contribution in [0.4, 0.5) is 0 Å². The Morgan fingerprint density at radius 1 is 1.35 bits per heavy atom. The van der Waals surface area contributed by atoms with Crippen LogP contribution in [0.25, 0.3) is 11.4 Å². The van der Waals surface area contributed by atoms with Crippen LogP contribution in [-0.2, 0) is 7.05 Å². The van der Waals surface area contributed by atoms with Crippen LogP contribution in [0.1, 0.15) is 10.5 Å². The Hall–Kier alpha value is -2.30. The van der Waals surface area contributed by atoms with Crippen molar-refractivity contribution in [1.82, 2.24) is 9.55 Å². The molecule has 0 amide bonds. The second-order valence-electron chi connectivity index (χ2n) is 3.56. The van der Waals surface area contributed by atoms with Crippen LogP contribution in [-0.4, -0.2) is 27.7 Å². The highest BCUT2D eigenvalue weighted by Gasteiger charge is 2.13. The van der Waals surface area contributed by atoms with Gasteiger partial charge in [-0.25, -0.2) is 9.78 Å². The zero-order valence-electron chi connectivity index (χ0n) is 9.54. The van der Waals surface area contributed by atoms with Crippen molar-refractivity contribution in [1.29, 1.82) is 0 Å². The van der Waals surface area contributed by atoms with Crippen molar-refractivity contribution in [2.24, 2.45) is 7.05 Å². The van der Waals surface area contributed by atoms with E-state index >= 15 is 0 Å². The highest BCUT2D eigenvalue weighted by molar-refractivity contribution is 5.86. The van der Waals surface area contributed by atoms with E-state index in [1.54, 1.807) is 18.7 Å². The van der Waals surface area contributed by atoms with Crippen LogP contribution < -0.4 is 4.74 Å². The van der Waals surface area contributed by atoms with Crippen molar-refractivity contribution in [3.05, 3.63) is 36.2 Å². The Labute approximate surface area is 98.3 Å². The predicted octanol–water partition coefficient (Wildman–Crippen LogP) is 1.79. The van der Waals surface area contributed by atoms with Crippen molar-refractivity contribution in [3.8, 4) is 17.1 Å². The second-order valence-corrected chi connectivity index (χ2v) is 3.56. The van der Waals surface area contributed by atoms with Gasteiger partial charge < -0.3 is 14.4 Å². The number of nitrogens with zero attached hydrogens (tertiary/aromatic N) is 2. The summed E-state index contributed by atoms with van der Waals surface area (Å²) >= 11 is 0. The van der Waals surface area contributed by atoms with Gasteiger partial charge in [0.15, 0.2) is 0 Å². The van der Waals surface area contributed by atoms with E-state index in [1.165, 1.54) is 6.20 Å². The van der Waals surface area contributed by atoms with Gasteiger partial charge in [-0.05, 0) is 24.3 Å². The first kappa shape index (κ1) is 11.2. The molecule has 5 nitrogen and oxygen atoms in total. The minimum Gasteiger partial charge on any atom is -0.497 e. The van der Waals surface area contributed by atoms with E-state index in [9.17, 15) is 4.79 Å². The first-order valence-corrected chi connectivity index (χ1v) is 5.03. The molecule has 0 aliphatic rings. The zero-order chi connectivity index (χ0) is 12.4. The summed E-state index contributed by atoms with van der Waals surface area (Å²) in [6.45, 7) is 0. The number of carboxylic acid groups (broad SMARTS) is 1. The third-order valence-corrected chi connectivity index (χ3v) is 2.56. The number of imidazole rings is 1. The number of hydrogen-bond acceptors (Lipinski definition) is 3. The summed E-state index contributed by atoms with van der Waals surface area (Å²) in [7, 11) is 3.27. The summed E-state index contributed by atoms with van der Waals surface area (Å²) in [5, 5.41) is 8.93.